The molecule has 3 N–H and O–H groups in total. The Morgan fingerprint density at radius 1 is 1.09 bits per heavy atom. The number of ether oxygens (including phenoxy) is 2. The van der Waals surface area contributed by atoms with Crippen molar-refractivity contribution in [1.29, 1.82) is 0 Å². The van der Waals surface area contributed by atoms with Crippen molar-refractivity contribution in [2.45, 2.75) is 77.3 Å². The van der Waals surface area contributed by atoms with Gasteiger partial charge in [0.2, 0.25) is 5.91 Å². The van der Waals surface area contributed by atoms with Gasteiger partial charge in [-0.1, -0.05) is 25.1 Å². The number of likely N-dealkylation sites (N-methyl/N-ethyl adjacent to an activating group) is 1. The smallest absolute Gasteiger partial charge is 0.389 e. The molecule has 0 saturated heterocycles. The second-order valence-electron chi connectivity index (χ2n) is 11.9. The van der Waals surface area contributed by atoms with E-state index < -0.39 is 43.0 Å². The first-order valence-electron chi connectivity index (χ1n) is 15.5. The number of nitrogens with zero attached hydrogens (tertiary/aromatic N) is 2. The van der Waals surface area contributed by atoms with Crippen LogP contribution in [0, 0.1) is 5.92 Å². The van der Waals surface area contributed by atoms with Crippen LogP contribution < -0.4 is 15.4 Å². The molecule has 3 rings (SSSR count). The maximum Gasteiger partial charge on any atom is 0.389 e. The summed E-state index contributed by atoms with van der Waals surface area (Å²) in [5, 5.41) is 15.4. The van der Waals surface area contributed by atoms with Crippen molar-refractivity contribution in [3.63, 3.8) is 0 Å². The molecule has 0 radical (unpaired) electrons. The zero-order valence-electron chi connectivity index (χ0n) is 26.8. The molecule has 2 aromatic rings. The van der Waals surface area contributed by atoms with Gasteiger partial charge in [0.1, 0.15) is 5.75 Å². The Bertz CT molecular complexity index is 1300. The number of hydrogen-bond acceptors (Lipinski definition) is 6. The summed E-state index contributed by atoms with van der Waals surface area (Å²) in [4.78, 5) is 42.4. The molecule has 1 heterocycles. The average molecular weight is 651 g/mol. The lowest BCUT2D eigenvalue weighted by Crippen LogP contribution is -2.48. The number of carbonyl (C=O) groups is 3. The summed E-state index contributed by atoms with van der Waals surface area (Å²) < 4.78 is 50.4. The van der Waals surface area contributed by atoms with Crippen LogP contribution in [0.25, 0.3) is 0 Å². The fourth-order valence-electron chi connectivity index (χ4n) is 5.03. The molecule has 0 aliphatic carbocycles. The lowest BCUT2D eigenvalue weighted by molar-refractivity contribution is -0.142. The fourth-order valence-corrected chi connectivity index (χ4v) is 5.03. The molecule has 0 spiro atoms. The van der Waals surface area contributed by atoms with Crippen LogP contribution >= 0.6 is 0 Å². The molecule has 4 amide bonds. The van der Waals surface area contributed by atoms with Crippen LogP contribution in [0.1, 0.15) is 63.2 Å². The maximum atomic E-state index is 14.2. The number of amides is 4. The number of urea groups is 1. The number of halogens is 3. The summed E-state index contributed by atoms with van der Waals surface area (Å²) in [5.74, 6) is -1.36. The Balaban J connectivity index is 1.88. The van der Waals surface area contributed by atoms with E-state index in [0.29, 0.717) is 18.7 Å². The molecule has 10 nitrogen and oxygen atoms in total. The van der Waals surface area contributed by atoms with Crippen LogP contribution in [-0.4, -0.2) is 90.5 Å². The largest absolute Gasteiger partial charge is 0.490 e. The predicted octanol–water partition coefficient (Wildman–Crippen LogP) is 5.93. The molecule has 1 aliphatic heterocycles. The highest BCUT2D eigenvalue weighted by atomic mass is 19.4. The highest BCUT2D eigenvalue weighted by molar-refractivity contribution is 5.99. The van der Waals surface area contributed by atoms with E-state index in [0.717, 1.165) is 12.8 Å². The minimum atomic E-state index is -4.48. The maximum absolute atomic E-state index is 14.2. The zero-order valence-corrected chi connectivity index (χ0v) is 26.8. The number of hydrogen-bond donors (Lipinski definition) is 3. The first kappa shape index (κ1) is 36.6. The number of aliphatic hydroxyl groups is 1. The van der Waals surface area contributed by atoms with E-state index >= 15 is 0 Å². The fraction of sp³-hybridized carbons (Fsp3) is 0.545. The molecule has 254 valence electrons. The Kier molecular flexibility index (Phi) is 13.7. The lowest BCUT2D eigenvalue weighted by Gasteiger charge is -2.35. The van der Waals surface area contributed by atoms with Crippen LogP contribution in [0.2, 0.25) is 0 Å². The van der Waals surface area contributed by atoms with Crippen LogP contribution in [0.3, 0.4) is 0 Å². The molecule has 13 heteroatoms. The summed E-state index contributed by atoms with van der Waals surface area (Å²) in [5.41, 5.74) is 0.897. The van der Waals surface area contributed by atoms with Crippen LogP contribution in [0.15, 0.2) is 48.5 Å². The van der Waals surface area contributed by atoms with Gasteiger partial charge in [0.15, 0.2) is 0 Å². The van der Waals surface area contributed by atoms with Gasteiger partial charge in [-0.25, -0.2) is 4.79 Å². The van der Waals surface area contributed by atoms with Crippen molar-refractivity contribution in [1.82, 2.24) is 9.80 Å². The SMILES string of the molecule is C[C@@H]1CCCCO[C@H](CN(C)C(=O)Nc2ccccc2)[C@@H](C)CN([C@H](C)CO)C(=O)c2cc(NC(=O)CCC(F)(F)F)ccc2O1. The molecule has 0 unspecified atom stereocenters. The van der Waals surface area contributed by atoms with Crippen molar-refractivity contribution in [2.75, 3.05) is 44.0 Å². The van der Waals surface area contributed by atoms with Gasteiger partial charge < -0.3 is 35.0 Å². The Hall–Kier alpha value is -3.84. The van der Waals surface area contributed by atoms with Gasteiger partial charge in [-0.2, -0.15) is 13.2 Å². The first-order valence-corrected chi connectivity index (χ1v) is 15.5. The van der Waals surface area contributed by atoms with Gasteiger partial charge in [0.25, 0.3) is 5.91 Å². The molecule has 4 atom stereocenters. The molecule has 46 heavy (non-hydrogen) atoms. The molecule has 2 aromatic carbocycles. The van der Waals surface area contributed by atoms with E-state index in [1.54, 1.807) is 26.1 Å². The van der Waals surface area contributed by atoms with Crippen LogP contribution in [0.4, 0.5) is 29.3 Å². The van der Waals surface area contributed by atoms with E-state index in [4.69, 9.17) is 9.47 Å². The number of para-hydroxylation sites is 1. The Morgan fingerprint density at radius 3 is 2.48 bits per heavy atom. The van der Waals surface area contributed by atoms with Gasteiger partial charge in [-0.05, 0) is 63.4 Å². The van der Waals surface area contributed by atoms with Crippen molar-refractivity contribution in [2.24, 2.45) is 5.92 Å². The van der Waals surface area contributed by atoms with E-state index in [-0.39, 0.29) is 54.7 Å². The van der Waals surface area contributed by atoms with Crippen molar-refractivity contribution in [3.05, 3.63) is 54.1 Å². The normalized spacial score (nSPS) is 20.5. The van der Waals surface area contributed by atoms with E-state index in [1.807, 2.05) is 32.0 Å². The Labute approximate surface area is 268 Å². The summed E-state index contributed by atoms with van der Waals surface area (Å²) in [6, 6.07) is 12.5. The number of carbonyl (C=O) groups excluding carboxylic acids is 3. The van der Waals surface area contributed by atoms with Gasteiger partial charge in [-0.3, -0.25) is 9.59 Å². The number of nitrogens with one attached hydrogen (secondary N) is 2. The number of alkyl halides is 3. The molecule has 1 aliphatic rings. The first-order chi connectivity index (χ1) is 21.8. The van der Waals surface area contributed by atoms with Gasteiger partial charge in [0.05, 0.1) is 36.8 Å². The van der Waals surface area contributed by atoms with Gasteiger partial charge in [0, 0.05) is 50.5 Å². The average Bonchev–Trinajstić information content (AvgIpc) is 3.01. The second-order valence-corrected chi connectivity index (χ2v) is 11.9. The lowest BCUT2D eigenvalue weighted by atomic mass is 10.0. The molecule has 0 saturated carbocycles. The zero-order chi connectivity index (χ0) is 33.9. The number of fused-ring (bicyclic) bond motifs is 1. The second kappa shape index (κ2) is 17.2. The summed E-state index contributed by atoms with van der Waals surface area (Å²) >= 11 is 0. The summed E-state index contributed by atoms with van der Waals surface area (Å²) in [7, 11) is 1.67. The monoisotopic (exact) mass is 650 g/mol. The summed E-state index contributed by atoms with van der Waals surface area (Å²) in [6.45, 7) is 5.94. The molecule has 0 fully saturated rings. The highest BCUT2D eigenvalue weighted by Crippen LogP contribution is 2.29. The quantitative estimate of drug-likeness (QED) is 0.326. The topological polar surface area (TPSA) is 120 Å². The number of benzene rings is 2. The number of aliphatic hydroxyl groups excluding tert-OH is 1. The standard InChI is InChI=1S/C33H45F3N4O6/c1-22-19-40(23(2)21-41)31(43)27-18-26(37-30(42)15-16-33(34,35)36)13-14-28(27)46-24(3)10-8-9-17-45-29(22)20-39(4)32(44)38-25-11-6-5-7-12-25/h5-7,11-14,18,22-24,29,41H,8-10,15-17,19-21H2,1-4H3,(H,37,42)(H,38,44)/t22-,23+,24+,29+/m0/s1. The summed E-state index contributed by atoms with van der Waals surface area (Å²) in [6.07, 6.45) is -5.07. The van der Waals surface area contributed by atoms with E-state index in [9.17, 15) is 32.7 Å². The third kappa shape index (κ3) is 11.5. The molecular weight excluding hydrogens is 605 g/mol. The minimum absolute atomic E-state index is 0.0989. The highest BCUT2D eigenvalue weighted by Gasteiger charge is 2.31. The van der Waals surface area contributed by atoms with Crippen LogP contribution in [-0.2, 0) is 9.53 Å². The number of anilines is 2. The number of rotatable bonds is 8. The molecule has 0 bridgehead atoms. The van der Waals surface area contributed by atoms with E-state index in [1.165, 1.54) is 28.0 Å². The third-order valence-electron chi connectivity index (χ3n) is 7.80. The predicted molar refractivity (Wildman–Crippen MR) is 169 cm³/mol. The molecule has 0 aromatic heterocycles. The Morgan fingerprint density at radius 2 is 1.80 bits per heavy atom. The minimum Gasteiger partial charge on any atom is -0.490 e. The van der Waals surface area contributed by atoms with Crippen LogP contribution in [0.5, 0.6) is 5.75 Å². The third-order valence-corrected chi connectivity index (χ3v) is 7.80. The van der Waals surface area contributed by atoms with Crippen molar-refractivity contribution < 1.29 is 42.1 Å². The molecular formula is C33H45F3N4O6. The van der Waals surface area contributed by atoms with Crippen molar-refractivity contribution in [3.8, 4) is 5.75 Å². The van der Waals surface area contributed by atoms with Gasteiger partial charge in [-0.15, -0.1) is 0 Å². The van der Waals surface area contributed by atoms with Crippen molar-refractivity contribution >= 4 is 29.2 Å². The van der Waals surface area contributed by atoms with Gasteiger partial charge >= 0.3 is 12.2 Å². The van der Waals surface area contributed by atoms with E-state index in [2.05, 4.69) is 10.6 Å².